The highest BCUT2D eigenvalue weighted by atomic mass is 32.2. The van der Waals surface area contributed by atoms with Gasteiger partial charge in [0, 0.05) is 40.2 Å². The van der Waals surface area contributed by atoms with Crippen molar-refractivity contribution in [2.24, 2.45) is 5.11 Å². The molecule has 2 aromatic carbocycles. The minimum absolute atomic E-state index is 0.140. The molecule has 0 saturated heterocycles. The number of nitrogens with one attached hydrogen (secondary N) is 2. The van der Waals surface area contributed by atoms with Crippen molar-refractivity contribution in [3.8, 4) is 0 Å². The summed E-state index contributed by atoms with van der Waals surface area (Å²) in [6.45, 7) is 3.83. The average molecular weight is 386 g/mol. The average Bonchev–Trinajstić information content (AvgIpc) is 2.67. The Labute approximate surface area is 159 Å². The summed E-state index contributed by atoms with van der Waals surface area (Å²) in [6.07, 6.45) is 0. The van der Waals surface area contributed by atoms with Crippen molar-refractivity contribution in [1.29, 1.82) is 0 Å². The molecule has 0 aromatic heterocycles. The van der Waals surface area contributed by atoms with Crippen LogP contribution in [0.25, 0.3) is 10.4 Å². The molecule has 0 heterocycles. The summed E-state index contributed by atoms with van der Waals surface area (Å²) in [7, 11) is 0. The van der Waals surface area contributed by atoms with Crippen molar-refractivity contribution in [3.05, 3.63) is 68.6 Å². The predicted octanol–water partition coefficient (Wildman–Crippen LogP) is 4.03. The van der Waals surface area contributed by atoms with Crippen LogP contribution in [-0.2, 0) is 0 Å². The van der Waals surface area contributed by atoms with Gasteiger partial charge in [-0.15, -0.1) is 0 Å². The fourth-order valence-corrected chi connectivity index (χ4v) is 3.09. The number of azide groups is 1. The van der Waals surface area contributed by atoms with E-state index in [-0.39, 0.29) is 17.2 Å². The van der Waals surface area contributed by atoms with Crippen molar-refractivity contribution < 1.29 is 9.72 Å². The summed E-state index contributed by atoms with van der Waals surface area (Å²) >= 11 is 1.20. The first-order valence-corrected chi connectivity index (χ1v) is 8.97. The fraction of sp³-hybridized carbons (Fsp3) is 0.235. The number of hydrogen-bond acceptors (Lipinski definition) is 6. The van der Waals surface area contributed by atoms with Crippen LogP contribution >= 0.6 is 11.8 Å². The van der Waals surface area contributed by atoms with Crippen LogP contribution in [0.3, 0.4) is 0 Å². The van der Waals surface area contributed by atoms with E-state index < -0.39 is 4.92 Å². The zero-order chi connectivity index (χ0) is 19.6. The van der Waals surface area contributed by atoms with Gasteiger partial charge >= 0.3 is 0 Å². The summed E-state index contributed by atoms with van der Waals surface area (Å²) in [6, 6.07) is 11.1. The maximum atomic E-state index is 12.1. The molecule has 2 N–H and O–H groups in total. The molecule has 0 aliphatic heterocycles. The normalized spacial score (nSPS) is 10.1. The van der Waals surface area contributed by atoms with E-state index in [0.29, 0.717) is 23.7 Å². The van der Waals surface area contributed by atoms with Gasteiger partial charge in [0.1, 0.15) is 0 Å². The minimum Gasteiger partial charge on any atom is -0.351 e. The largest absolute Gasteiger partial charge is 0.351 e. The molecule has 0 bridgehead atoms. The number of rotatable bonds is 9. The molecule has 2 aromatic rings. The van der Waals surface area contributed by atoms with E-state index in [4.69, 9.17) is 5.53 Å². The minimum atomic E-state index is -0.508. The van der Waals surface area contributed by atoms with Crippen LogP contribution in [0.15, 0.2) is 57.4 Å². The zero-order valence-electron chi connectivity index (χ0n) is 14.6. The molecule has 0 aliphatic rings. The van der Waals surface area contributed by atoms with Gasteiger partial charge < -0.3 is 10.6 Å². The van der Waals surface area contributed by atoms with Gasteiger partial charge in [-0.2, -0.15) is 0 Å². The summed E-state index contributed by atoms with van der Waals surface area (Å²) in [5.41, 5.74) is 8.97. The monoisotopic (exact) mass is 386 g/mol. The second kappa shape index (κ2) is 10.2. The standard InChI is InChI=1S/C17H18N6O3S/c1-2-19-9-10-20-17(24)12-3-8-16(15(11-12)23(25)26)27-14-6-4-13(5-7-14)21-22-18/h3-8,11,19H,2,9-10H2,1H3,(H,20,24). The zero-order valence-corrected chi connectivity index (χ0v) is 15.4. The number of benzene rings is 2. The van der Waals surface area contributed by atoms with Crippen LogP contribution in [0.5, 0.6) is 0 Å². The number of hydrogen-bond donors (Lipinski definition) is 2. The van der Waals surface area contributed by atoms with Crippen LogP contribution < -0.4 is 10.6 Å². The SMILES string of the molecule is CCNCCNC(=O)c1ccc(Sc2ccc(N=[N+]=[N-])cc2)c([N+](=O)[O-])c1. The van der Waals surface area contributed by atoms with E-state index in [2.05, 4.69) is 20.7 Å². The molecule has 0 saturated carbocycles. The molecule has 0 fully saturated rings. The third-order valence-corrected chi connectivity index (χ3v) is 4.55. The molecule has 0 unspecified atom stereocenters. The van der Waals surface area contributed by atoms with E-state index in [9.17, 15) is 14.9 Å². The van der Waals surface area contributed by atoms with Gasteiger partial charge in [0.15, 0.2) is 0 Å². The molecule has 27 heavy (non-hydrogen) atoms. The number of nitro groups is 1. The topological polar surface area (TPSA) is 133 Å². The van der Waals surface area contributed by atoms with Crippen molar-refractivity contribution >= 4 is 29.0 Å². The van der Waals surface area contributed by atoms with Crippen LogP contribution in [-0.4, -0.2) is 30.5 Å². The predicted molar refractivity (Wildman–Crippen MR) is 103 cm³/mol. The van der Waals surface area contributed by atoms with Gasteiger partial charge in [-0.05, 0) is 36.3 Å². The van der Waals surface area contributed by atoms with E-state index in [0.717, 1.165) is 11.4 Å². The van der Waals surface area contributed by atoms with Crippen molar-refractivity contribution in [1.82, 2.24) is 10.6 Å². The Hall–Kier alpha value is -3.07. The van der Waals surface area contributed by atoms with Crippen LogP contribution in [0.2, 0.25) is 0 Å². The maximum Gasteiger partial charge on any atom is 0.284 e. The van der Waals surface area contributed by atoms with Crippen LogP contribution in [0, 0.1) is 10.1 Å². The van der Waals surface area contributed by atoms with Gasteiger partial charge in [-0.25, -0.2) is 0 Å². The Kier molecular flexibility index (Phi) is 7.63. The molecule has 0 spiro atoms. The lowest BCUT2D eigenvalue weighted by Crippen LogP contribution is -2.31. The molecule has 2 rings (SSSR count). The number of carbonyl (C=O) groups is 1. The second-order valence-electron chi connectivity index (χ2n) is 5.33. The number of nitrogens with zero attached hydrogens (tertiary/aromatic N) is 4. The lowest BCUT2D eigenvalue weighted by atomic mass is 10.2. The third-order valence-electron chi connectivity index (χ3n) is 3.48. The molecule has 0 atom stereocenters. The van der Waals surface area contributed by atoms with Crippen molar-refractivity contribution in [3.63, 3.8) is 0 Å². The molecule has 10 heteroatoms. The van der Waals surface area contributed by atoms with E-state index in [1.165, 1.54) is 17.8 Å². The summed E-state index contributed by atoms with van der Waals surface area (Å²) in [4.78, 5) is 26.9. The molecule has 1 amide bonds. The molecular formula is C17H18N6O3S. The lowest BCUT2D eigenvalue weighted by molar-refractivity contribution is -0.387. The molecule has 0 radical (unpaired) electrons. The van der Waals surface area contributed by atoms with E-state index in [1.807, 2.05) is 6.92 Å². The quantitative estimate of drug-likeness (QED) is 0.168. The van der Waals surface area contributed by atoms with E-state index in [1.54, 1.807) is 36.4 Å². The summed E-state index contributed by atoms with van der Waals surface area (Å²) in [5, 5.41) is 20.7. The molecule has 9 nitrogen and oxygen atoms in total. The van der Waals surface area contributed by atoms with Crippen molar-refractivity contribution in [2.45, 2.75) is 16.7 Å². The highest BCUT2D eigenvalue weighted by Gasteiger charge is 2.18. The first kappa shape index (κ1) is 20.2. The van der Waals surface area contributed by atoms with Crippen LogP contribution in [0.1, 0.15) is 17.3 Å². The number of carbonyl (C=O) groups excluding carboxylic acids is 1. The Morgan fingerprint density at radius 1 is 1.26 bits per heavy atom. The Balaban J connectivity index is 2.16. The first-order valence-electron chi connectivity index (χ1n) is 8.15. The Morgan fingerprint density at radius 2 is 2.00 bits per heavy atom. The lowest BCUT2D eigenvalue weighted by Gasteiger charge is -2.08. The Morgan fingerprint density at radius 3 is 2.63 bits per heavy atom. The van der Waals surface area contributed by atoms with Gasteiger partial charge in [-0.1, -0.05) is 35.9 Å². The highest BCUT2D eigenvalue weighted by Crippen LogP contribution is 2.36. The molecule has 0 aliphatic carbocycles. The van der Waals surface area contributed by atoms with Gasteiger partial charge in [0.25, 0.3) is 11.6 Å². The second-order valence-corrected chi connectivity index (χ2v) is 6.45. The Bertz CT molecular complexity index is 865. The number of amides is 1. The first-order chi connectivity index (χ1) is 13.0. The third kappa shape index (κ3) is 6.00. The van der Waals surface area contributed by atoms with Gasteiger partial charge in [0.05, 0.1) is 9.82 Å². The smallest absolute Gasteiger partial charge is 0.284 e. The number of likely N-dealkylation sites (N-methyl/N-ethyl adjacent to an activating group) is 1. The van der Waals surface area contributed by atoms with Gasteiger partial charge in [0.2, 0.25) is 0 Å². The number of nitro benzene ring substituents is 1. The maximum absolute atomic E-state index is 12.1. The summed E-state index contributed by atoms with van der Waals surface area (Å²) in [5.74, 6) is -0.355. The van der Waals surface area contributed by atoms with Crippen molar-refractivity contribution in [2.75, 3.05) is 19.6 Å². The summed E-state index contributed by atoms with van der Waals surface area (Å²) < 4.78 is 0. The highest BCUT2D eigenvalue weighted by molar-refractivity contribution is 7.99. The molecular weight excluding hydrogens is 368 g/mol. The van der Waals surface area contributed by atoms with E-state index >= 15 is 0 Å². The fourth-order valence-electron chi connectivity index (χ4n) is 2.19. The molecule has 140 valence electrons. The van der Waals surface area contributed by atoms with Crippen LogP contribution in [0.4, 0.5) is 11.4 Å². The van der Waals surface area contributed by atoms with Gasteiger partial charge in [-0.3, -0.25) is 14.9 Å².